The molecule has 1 aromatic heterocycles. The van der Waals surface area contributed by atoms with Crippen molar-refractivity contribution in [1.29, 1.82) is 0 Å². The number of phenolic OH excluding ortho intramolecular Hbond substituents is 1. The summed E-state index contributed by atoms with van der Waals surface area (Å²) in [6, 6.07) is 6.20. The number of hydrogen-bond donors (Lipinski definition) is 2. The van der Waals surface area contributed by atoms with Gasteiger partial charge in [-0.3, -0.25) is 9.69 Å². The number of benzene rings is 2. The number of carbonyl (C=O) groups excluding carboxylic acids is 1. The van der Waals surface area contributed by atoms with Gasteiger partial charge in [-0.25, -0.2) is 8.78 Å². The van der Waals surface area contributed by atoms with Crippen molar-refractivity contribution in [3.05, 3.63) is 46.9 Å². The van der Waals surface area contributed by atoms with E-state index in [0.717, 1.165) is 25.8 Å². The molecular formula is C32H37F2N5O4. The molecule has 11 heteroatoms. The lowest BCUT2D eigenvalue weighted by Crippen LogP contribution is -2.43. The van der Waals surface area contributed by atoms with E-state index in [4.69, 9.17) is 14.7 Å². The number of aromatic hydroxyl groups is 1. The Morgan fingerprint density at radius 3 is 2.84 bits per heavy atom. The molecular weight excluding hydrogens is 556 g/mol. The Kier molecular flexibility index (Phi) is 7.12. The van der Waals surface area contributed by atoms with E-state index in [1.54, 1.807) is 12.1 Å². The SMILES string of the molecule is CCc1c(F)ccc2cc(O)cc(N3Cc4nc(OC[C@@]56CCCN5C[C@H](F)C6)nc(N5CCC[C@@H](O)CC5)c4C3=O)c12. The minimum absolute atomic E-state index is 0.0279. The second-order valence-corrected chi connectivity index (χ2v) is 12.4. The third-order valence-corrected chi connectivity index (χ3v) is 9.72. The van der Waals surface area contributed by atoms with Gasteiger partial charge in [0, 0.05) is 37.5 Å². The number of halogens is 2. The molecule has 3 atom stereocenters. The third-order valence-electron chi connectivity index (χ3n) is 9.72. The minimum atomic E-state index is -0.884. The van der Waals surface area contributed by atoms with Crippen LogP contribution < -0.4 is 14.5 Å². The Bertz CT molecular complexity index is 1590. The van der Waals surface area contributed by atoms with E-state index >= 15 is 0 Å². The highest BCUT2D eigenvalue weighted by Gasteiger charge is 2.49. The van der Waals surface area contributed by atoms with Gasteiger partial charge in [0.25, 0.3) is 5.91 Å². The number of aliphatic hydroxyl groups is 1. The number of fused-ring (bicyclic) bond motifs is 3. The average molecular weight is 594 g/mol. The maximum absolute atomic E-state index is 14.9. The number of alkyl halides is 1. The molecule has 0 saturated carbocycles. The van der Waals surface area contributed by atoms with Crippen molar-refractivity contribution in [2.45, 2.75) is 76.2 Å². The highest BCUT2D eigenvalue weighted by atomic mass is 19.1. The van der Waals surface area contributed by atoms with Gasteiger partial charge in [0.05, 0.1) is 29.6 Å². The second kappa shape index (κ2) is 10.9. The summed E-state index contributed by atoms with van der Waals surface area (Å²) in [7, 11) is 0. The lowest BCUT2D eigenvalue weighted by atomic mass is 9.95. The zero-order valence-electron chi connectivity index (χ0n) is 24.4. The Balaban J connectivity index is 1.29. The first-order valence-electron chi connectivity index (χ1n) is 15.4. The first-order chi connectivity index (χ1) is 20.8. The third kappa shape index (κ3) is 4.86. The van der Waals surface area contributed by atoms with Crippen LogP contribution in [0.5, 0.6) is 11.8 Å². The number of phenols is 1. The van der Waals surface area contributed by atoms with Crippen molar-refractivity contribution in [3.63, 3.8) is 0 Å². The van der Waals surface area contributed by atoms with Gasteiger partial charge < -0.3 is 24.7 Å². The molecule has 9 nitrogen and oxygen atoms in total. The van der Waals surface area contributed by atoms with E-state index in [1.807, 2.05) is 11.8 Å². The Labute approximate surface area is 249 Å². The highest BCUT2D eigenvalue weighted by molar-refractivity contribution is 6.16. The molecule has 2 N–H and O–H groups in total. The van der Waals surface area contributed by atoms with Crippen LogP contribution in [0.2, 0.25) is 0 Å². The van der Waals surface area contributed by atoms with Crippen molar-refractivity contribution < 1.29 is 28.5 Å². The summed E-state index contributed by atoms with van der Waals surface area (Å²) >= 11 is 0. The molecule has 4 aliphatic heterocycles. The number of anilines is 2. The zero-order chi connectivity index (χ0) is 29.9. The number of aromatic nitrogens is 2. The van der Waals surface area contributed by atoms with Crippen LogP contribution in [0.1, 0.15) is 67.1 Å². The van der Waals surface area contributed by atoms with Gasteiger partial charge in [0.2, 0.25) is 0 Å². The van der Waals surface area contributed by atoms with Crippen molar-refractivity contribution in [3.8, 4) is 11.8 Å². The quantitative estimate of drug-likeness (QED) is 0.431. The largest absolute Gasteiger partial charge is 0.508 e. The van der Waals surface area contributed by atoms with E-state index in [1.165, 1.54) is 17.0 Å². The Morgan fingerprint density at radius 1 is 1.14 bits per heavy atom. The number of aliphatic hydroxyl groups excluding tert-OH is 1. The molecule has 3 saturated heterocycles. The summed E-state index contributed by atoms with van der Waals surface area (Å²) in [5, 5.41) is 22.1. The zero-order valence-corrected chi connectivity index (χ0v) is 24.4. The van der Waals surface area contributed by atoms with Crippen molar-refractivity contribution >= 4 is 28.2 Å². The van der Waals surface area contributed by atoms with Gasteiger partial charge in [-0.1, -0.05) is 13.0 Å². The van der Waals surface area contributed by atoms with Gasteiger partial charge in [0.15, 0.2) is 0 Å². The fraction of sp³-hybridized carbons (Fsp3) is 0.531. The van der Waals surface area contributed by atoms with Crippen LogP contribution in [0.3, 0.4) is 0 Å². The van der Waals surface area contributed by atoms with E-state index in [2.05, 4.69) is 4.90 Å². The van der Waals surface area contributed by atoms with E-state index in [9.17, 15) is 23.8 Å². The van der Waals surface area contributed by atoms with Crippen molar-refractivity contribution in [1.82, 2.24) is 14.9 Å². The smallest absolute Gasteiger partial charge is 0.318 e. The summed E-state index contributed by atoms with van der Waals surface area (Å²) in [5.74, 6) is -0.285. The molecule has 2 aromatic carbocycles. The summed E-state index contributed by atoms with van der Waals surface area (Å²) in [6.45, 7) is 4.59. The van der Waals surface area contributed by atoms with E-state index in [-0.39, 0.29) is 42.2 Å². The van der Waals surface area contributed by atoms with Crippen molar-refractivity contribution in [2.24, 2.45) is 0 Å². The first kappa shape index (κ1) is 28.2. The highest BCUT2D eigenvalue weighted by Crippen LogP contribution is 2.43. The minimum Gasteiger partial charge on any atom is -0.508 e. The Morgan fingerprint density at radius 2 is 2.00 bits per heavy atom. The predicted octanol–water partition coefficient (Wildman–Crippen LogP) is 4.50. The van der Waals surface area contributed by atoms with Crippen LogP contribution in [0.4, 0.5) is 20.3 Å². The second-order valence-electron chi connectivity index (χ2n) is 12.4. The molecule has 0 bridgehead atoms. The molecule has 0 aliphatic carbocycles. The molecule has 228 valence electrons. The fourth-order valence-corrected chi connectivity index (χ4v) is 7.62. The molecule has 7 rings (SSSR count). The molecule has 0 unspecified atom stereocenters. The van der Waals surface area contributed by atoms with Gasteiger partial charge >= 0.3 is 6.01 Å². The number of aryl methyl sites for hydroxylation is 1. The summed E-state index contributed by atoms with van der Waals surface area (Å²) in [5.41, 5.74) is 1.33. The molecule has 3 aromatic rings. The molecule has 0 radical (unpaired) electrons. The van der Waals surface area contributed by atoms with Crippen LogP contribution in [0.25, 0.3) is 10.8 Å². The number of rotatable bonds is 6. The number of nitrogens with zero attached hydrogens (tertiary/aromatic N) is 5. The van der Waals surface area contributed by atoms with Crippen LogP contribution in [0.15, 0.2) is 24.3 Å². The number of ether oxygens (including phenoxy) is 1. The monoisotopic (exact) mass is 593 g/mol. The van der Waals surface area contributed by atoms with Crippen LogP contribution in [-0.4, -0.2) is 81.6 Å². The van der Waals surface area contributed by atoms with Crippen LogP contribution in [-0.2, 0) is 13.0 Å². The van der Waals surface area contributed by atoms with Crippen LogP contribution in [0, 0.1) is 5.82 Å². The molecule has 1 amide bonds. The van der Waals surface area contributed by atoms with E-state index < -0.39 is 12.3 Å². The summed E-state index contributed by atoms with van der Waals surface area (Å²) in [6.07, 6.45) is 3.30. The fourth-order valence-electron chi connectivity index (χ4n) is 7.62. The lowest BCUT2D eigenvalue weighted by molar-refractivity contribution is 0.0996. The van der Waals surface area contributed by atoms with Gasteiger partial charge in [0.1, 0.15) is 35.7 Å². The van der Waals surface area contributed by atoms with Crippen molar-refractivity contribution in [2.75, 3.05) is 42.6 Å². The standard InChI is InChI=1S/C32H37F2N5O4/c1-2-23-24(34)7-6-19-13-22(41)14-26(27(19)23)39-17-25-28(30(39)42)29(37-10-3-5-21(40)8-12-37)36-31(35-25)43-18-32-9-4-11-38(32)16-20(33)15-32/h6-7,13-14,20-21,40-41H,2-5,8-12,15-18H2,1H3/t20-,21-,32+/m1/s1. The Hall–Kier alpha value is -3.57. The lowest BCUT2D eigenvalue weighted by Gasteiger charge is -2.31. The van der Waals surface area contributed by atoms with Gasteiger partial charge in [-0.2, -0.15) is 9.97 Å². The molecule has 43 heavy (non-hydrogen) atoms. The molecule has 3 fully saturated rings. The van der Waals surface area contributed by atoms with Gasteiger partial charge in [-0.05, 0) is 68.2 Å². The molecule has 0 spiro atoms. The van der Waals surface area contributed by atoms with Gasteiger partial charge in [-0.15, -0.1) is 0 Å². The maximum Gasteiger partial charge on any atom is 0.318 e. The molecule has 5 heterocycles. The average Bonchev–Trinajstić information content (AvgIpc) is 3.56. The van der Waals surface area contributed by atoms with Crippen LogP contribution >= 0.6 is 0 Å². The summed E-state index contributed by atoms with van der Waals surface area (Å²) in [4.78, 5) is 29.4. The topological polar surface area (TPSA) is 102 Å². The number of amides is 1. The predicted molar refractivity (Wildman–Crippen MR) is 158 cm³/mol. The van der Waals surface area contributed by atoms with E-state index in [0.29, 0.717) is 84.4 Å². The number of carbonyl (C=O) groups is 1. The molecule has 4 aliphatic rings. The summed E-state index contributed by atoms with van der Waals surface area (Å²) < 4.78 is 35.6. The number of hydrogen-bond acceptors (Lipinski definition) is 8. The normalized spacial score (nSPS) is 25.8. The first-order valence-corrected chi connectivity index (χ1v) is 15.4. The maximum atomic E-state index is 14.9.